The Morgan fingerprint density at radius 2 is 2.07 bits per heavy atom. The van der Waals surface area contributed by atoms with Crippen molar-refractivity contribution in [2.24, 2.45) is 17.1 Å². The third-order valence-electron chi connectivity index (χ3n) is 4.80. The summed E-state index contributed by atoms with van der Waals surface area (Å²) in [5.41, 5.74) is 5.26. The summed E-state index contributed by atoms with van der Waals surface area (Å²) in [7, 11) is 0. The molecule has 0 aliphatic heterocycles. The van der Waals surface area contributed by atoms with E-state index in [1.54, 1.807) is 0 Å². The fourth-order valence-corrected chi connectivity index (χ4v) is 3.19. The zero-order chi connectivity index (χ0) is 11.5. The van der Waals surface area contributed by atoms with Gasteiger partial charge in [0.25, 0.3) is 0 Å². The van der Waals surface area contributed by atoms with Gasteiger partial charge in [0.1, 0.15) is 0 Å². The van der Waals surface area contributed by atoms with Gasteiger partial charge in [0.05, 0.1) is 5.60 Å². The maximum absolute atomic E-state index is 11.0. The van der Waals surface area contributed by atoms with E-state index in [4.69, 9.17) is 5.73 Å². The zero-order valence-corrected chi connectivity index (χ0v) is 10.6. The summed E-state index contributed by atoms with van der Waals surface area (Å²) in [6, 6.07) is 0. The van der Waals surface area contributed by atoms with Gasteiger partial charge < -0.3 is 10.8 Å². The molecule has 3 unspecified atom stereocenters. The first kappa shape index (κ1) is 13.0. The van der Waals surface area contributed by atoms with Crippen LogP contribution in [0.1, 0.15) is 59.3 Å². The highest BCUT2D eigenvalue weighted by molar-refractivity contribution is 5.01. The zero-order valence-electron chi connectivity index (χ0n) is 10.6. The quantitative estimate of drug-likeness (QED) is 0.754. The lowest BCUT2D eigenvalue weighted by molar-refractivity contribution is -0.140. The summed E-state index contributed by atoms with van der Waals surface area (Å²) in [6.45, 7) is 7.08. The molecule has 3 atom stereocenters. The molecule has 0 spiro atoms. The van der Waals surface area contributed by atoms with Crippen molar-refractivity contribution in [1.82, 2.24) is 0 Å². The van der Waals surface area contributed by atoms with Crippen molar-refractivity contribution in [1.29, 1.82) is 0 Å². The second kappa shape index (κ2) is 4.84. The van der Waals surface area contributed by atoms with Gasteiger partial charge in [-0.1, -0.05) is 40.0 Å². The van der Waals surface area contributed by atoms with Crippen LogP contribution in [0, 0.1) is 11.3 Å². The second-order valence-corrected chi connectivity index (χ2v) is 5.39. The van der Waals surface area contributed by atoms with E-state index >= 15 is 0 Å². The van der Waals surface area contributed by atoms with Gasteiger partial charge in [0.15, 0.2) is 0 Å². The first-order valence-corrected chi connectivity index (χ1v) is 6.46. The molecule has 1 rings (SSSR count). The Morgan fingerprint density at radius 3 is 2.53 bits per heavy atom. The van der Waals surface area contributed by atoms with Gasteiger partial charge in [-0.25, -0.2) is 0 Å². The molecule has 0 bridgehead atoms. The van der Waals surface area contributed by atoms with E-state index in [1.165, 1.54) is 12.8 Å². The molecule has 1 aliphatic carbocycles. The van der Waals surface area contributed by atoms with E-state index < -0.39 is 5.60 Å². The normalized spacial score (nSPS) is 36.2. The highest BCUT2D eigenvalue weighted by Gasteiger charge is 2.50. The Bertz CT molecular complexity index is 201. The molecule has 0 aromatic carbocycles. The fraction of sp³-hybridized carbons (Fsp3) is 1.00. The average Bonchev–Trinajstić information content (AvgIpc) is 2.28. The molecule has 0 heterocycles. The molecular weight excluding hydrogens is 186 g/mol. The van der Waals surface area contributed by atoms with Crippen molar-refractivity contribution in [2.75, 3.05) is 6.54 Å². The summed E-state index contributed by atoms with van der Waals surface area (Å²) in [5.74, 6) is 0.444. The molecule has 90 valence electrons. The van der Waals surface area contributed by atoms with Gasteiger partial charge >= 0.3 is 0 Å². The second-order valence-electron chi connectivity index (χ2n) is 5.39. The van der Waals surface area contributed by atoms with Gasteiger partial charge in [0, 0.05) is 12.0 Å². The van der Waals surface area contributed by atoms with Crippen molar-refractivity contribution in [3.8, 4) is 0 Å². The van der Waals surface area contributed by atoms with Crippen LogP contribution in [-0.2, 0) is 0 Å². The lowest BCUT2D eigenvalue weighted by Crippen LogP contribution is -2.56. The number of hydrogen-bond acceptors (Lipinski definition) is 2. The minimum Gasteiger partial charge on any atom is -0.389 e. The van der Waals surface area contributed by atoms with Gasteiger partial charge in [-0.05, 0) is 25.2 Å². The van der Waals surface area contributed by atoms with E-state index in [0.717, 1.165) is 25.7 Å². The van der Waals surface area contributed by atoms with Crippen LogP contribution in [0.15, 0.2) is 0 Å². The molecule has 2 nitrogen and oxygen atoms in total. The molecule has 0 aromatic rings. The Balaban J connectivity index is 2.93. The van der Waals surface area contributed by atoms with Gasteiger partial charge in [0.2, 0.25) is 0 Å². The molecule has 0 saturated heterocycles. The molecule has 3 N–H and O–H groups in total. The van der Waals surface area contributed by atoms with Gasteiger partial charge in [-0.15, -0.1) is 0 Å². The van der Waals surface area contributed by atoms with E-state index in [1.807, 2.05) is 0 Å². The molecule has 0 radical (unpaired) electrons. The lowest BCUT2D eigenvalue weighted by atomic mass is 9.59. The maximum atomic E-state index is 11.0. The van der Waals surface area contributed by atoms with Crippen molar-refractivity contribution < 1.29 is 5.11 Å². The Hall–Kier alpha value is -0.0800. The molecule has 15 heavy (non-hydrogen) atoms. The smallest absolute Gasteiger partial charge is 0.0740 e. The number of aliphatic hydroxyl groups is 1. The maximum Gasteiger partial charge on any atom is 0.0740 e. The van der Waals surface area contributed by atoms with Crippen LogP contribution in [0.3, 0.4) is 0 Å². The van der Waals surface area contributed by atoms with Gasteiger partial charge in [-0.2, -0.15) is 0 Å². The third-order valence-corrected chi connectivity index (χ3v) is 4.80. The van der Waals surface area contributed by atoms with Crippen LogP contribution in [0.5, 0.6) is 0 Å². The molecular formula is C13H27NO. The van der Waals surface area contributed by atoms with E-state index in [0.29, 0.717) is 12.5 Å². The molecule has 0 aromatic heterocycles. The van der Waals surface area contributed by atoms with Crippen molar-refractivity contribution in [2.45, 2.75) is 64.9 Å². The topological polar surface area (TPSA) is 46.2 Å². The van der Waals surface area contributed by atoms with Crippen molar-refractivity contribution in [3.05, 3.63) is 0 Å². The minimum atomic E-state index is -0.524. The standard InChI is InChI=1S/C13H27NO/c1-4-11-8-6-7-9-13(11,15)12(3,5-2)10-14/h11,15H,4-10,14H2,1-3H3. The van der Waals surface area contributed by atoms with Crippen molar-refractivity contribution in [3.63, 3.8) is 0 Å². The van der Waals surface area contributed by atoms with Crippen LogP contribution >= 0.6 is 0 Å². The fourth-order valence-electron chi connectivity index (χ4n) is 3.19. The molecule has 1 saturated carbocycles. The summed E-state index contributed by atoms with van der Waals surface area (Å²) < 4.78 is 0. The average molecular weight is 213 g/mol. The van der Waals surface area contributed by atoms with E-state index in [2.05, 4.69) is 20.8 Å². The Kier molecular flexibility index (Phi) is 4.19. The first-order valence-electron chi connectivity index (χ1n) is 6.46. The number of hydrogen-bond donors (Lipinski definition) is 2. The highest BCUT2D eigenvalue weighted by atomic mass is 16.3. The third kappa shape index (κ3) is 2.07. The molecule has 1 aliphatic rings. The predicted octanol–water partition coefficient (Wildman–Crippen LogP) is 2.69. The summed E-state index contributed by atoms with van der Waals surface area (Å²) in [5, 5.41) is 11.0. The first-order chi connectivity index (χ1) is 7.04. The van der Waals surface area contributed by atoms with Crippen LogP contribution in [0.2, 0.25) is 0 Å². The number of rotatable bonds is 4. The van der Waals surface area contributed by atoms with Gasteiger partial charge in [-0.3, -0.25) is 0 Å². The SMILES string of the molecule is CCC1CCCCC1(O)C(C)(CC)CN. The van der Waals surface area contributed by atoms with Crippen LogP contribution in [0.4, 0.5) is 0 Å². The highest BCUT2D eigenvalue weighted by Crippen LogP contribution is 2.48. The molecule has 1 fully saturated rings. The predicted molar refractivity (Wildman–Crippen MR) is 64.7 cm³/mol. The Labute approximate surface area is 94.2 Å². The monoisotopic (exact) mass is 213 g/mol. The van der Waals surface area contributed by atoms with Crippen LogP contribution < -0.4 is 5.73 Å². The van der Waals surface area contributed by atoms with E-state index in [9.17, 15) is 5.11 Å². The molecule has 2 heteroatoms. The van der Waals surface area contributed by atoms with E-state index in [-0.39, 0.29) is 5.41 Å². The summed E-state index contributed by atoms with van der Waals surface area (Å²) in [4.78, 5) is 0. The summed E-state index contributed by atoms with van der Waals surface area (Å²) in [6.07, 6.45) is 6.58. The van der Waals surface area contributed by atoms with Crippen LogP contribution in [0.25, 0.3) is 0 Å². The van der Waals surface area contributed by atoms with Crippen LogP contribution in [-0.4, -0.2) is 17.3 Å². The van der Waals surface area contributed by atoms with Crippen molar-refractivity contribution >= 4 is 0 Å². The number of nitrogens with two attached hydrogens (primary N) is 1. The summed E-state index contributed by atoms with van der Waals surface area (Å²) >= 11 is 0. The lowest BCUT2D eigenvalue weighted by Gasteiger charge is -2.51. The molecule has 0 amide bonds. The largest absolute Gasteiger partial charge is 0.389 e. The Morgan fingerprint density at radius 1 is 1.40 bits per heavy atom. The minimum absolute atomic E-state index is 0.103.